The third kappa shape index (κ3) is 4.71. The van der Waals surface area contributed by atoms with Gasteiger partial charge in [0.15, 0.2) is 0 Å². The van der Waals surface area contributed by atoms with Crippen LogP contribution in [0.3, 0.4) is 0 Å². The van der Waals surface area contributed by atoms with E-state index in [2.05, 4.69) is 15.9 Å². The fourth-order valence-corrected chi connectivity index (χ4v) is 2.30. The first-order valence-electron chi connectivity index (χ1n) is 6.35. The Hall–Kier alpha value is -1.08. The molecule has 1 aromatic carbocycles. The average molecular weight is 368 g/mol. The Balaban J connectivity index is 3.11. The van der Waals surface area contributed by atoms with Crippen LogP contribution in [-0.2, 0) is 10.9 Å². The van der Waals surface area contributed by atoms with Gasteiger partial charge in [0.1, 0.15) is 0 Å². The molecule has 0 aliphatic heterocycles. The molecule has 0 bridgehead atoms. The number of ether oxygens (including phenoxy) is 1. The van der Waals surface area contributed by atoms with Gasteiger partial charge in [-0.05, 0) is 32.0 Å². The Morgan fingerprint density at radius 3 is 2.48 bits per heavy atom. The summed E-state index contributed by atoms with van der Waals surface area (Å²) in [4.78, 5) is 13.8. The summed E-state index contributed by atoms with van der Waals surface area (Å²) < 4.78 is 43.5. The van der Waals surface area contributed by atoms with E-state index in [1.54, 1.807) is 13.8 Å². The Kier molecular flexibility index (Phi) is 6.22. The van der Waals surface area contributed by atoms with Crippen molar-refractivity contribution in [3.8, 4) is 0 Å². The summed E-state index contributed by atoms with van der Waals surface area (Å²) in [6, 6.07) is 3.36. The quantitative estimate of drug-likeness (QED) is 0.787. The number of methoxy groups -OCH3 is 1. The highest BCUT2D eigenvalue weighted by Gasteiger charge is 2.34. The SMILES string of the molecule is COCCN(C(=O)c1ccc(Br)c(C(F)(F)F)c1)C(C)C. The van der Waals surface area contributed by atoms with Crippen LogP contribution in [0.15, 0.2) is 22.7 Å². The minimum Gasteiger partial charge on any atom is -0.383 e. The van der Waals surface area contributed by atoms with Gasteiger partial charge in [-0.1, -0.05) is 15.9 Å². The summed E-state index contributed by atoms with van der Waals surface area (Å²) in [5, 5.41) is 0. The standard InChI is InChI=1S/C14H17BrF3NO2/c1-9(2)19(6-7-21-3)13(20)10-4-5-12(15)11(8-10)14(16,17)18/h4-5,8-9H,6-7H2,1-3H3. The number of carbonyl (C=O) groups is 1. The molecule has 0 atom stereocenters. The molecule has 1 aromatic rings. The van der Waals surface area contributed by atoms with Crippen molar-refractivity contribution in [2.45, 2.75) is 26.1 Å². The van der Waals surface area contributed by atoms with Crippen molar-refractivity contribution < 1.29 is 22.7 Å². The molecule has 0 aliphatic rings. The molecular formula is C14H17BrF3NO2. The molecule has 1 rings (SSSR count). The number of hydrogen-bond donors (Lipinski definition) is 0. The lowest BCUT2D eigenvalue weighted by atomic mass is 10.1. The van der Waals surface area contributed by atoms with Crippen LogP contribution in [0.1, 0.15) is 29.8 Å². The number of halogens is 4. The van der Waals surface area contributed by atoms with Gasteiger partial charge < -0.3 is 9.64 Å². The van der Waals surface area contributed by atoms with Gasteiger partial charge in [-0.15, -0.1) is 0 Å². The highest BCUT2D eigenvalue weighted by molar-refractivity contribution is 9.10. The first-order valence-corrected chi connectivity index (χ1v) is 7.14. The zero-order valence-corrected chi connectivity index (χ0v) is 13.6. The van der Waals surface area contributed by atoms with Gasteiger partial charge in [-0.3, -0.25) is 4.79 Å². The number of alkyl halides is 3. The molecule has 0 saturated heterocycles. The number of nitrogens with zero attached hydrogens (tertiary/aromatic N) is 1. The third-order valence-corrected chi connectivity index (χ3v) is 3.63. The lowest BCUT2D eigenvalue weighted by molar-refractivity contribution is -0.138. The summed E-state index contributed by atoms with van der Waals surface area (Å²) in [6.45, 7) is 4.26. The van der Waals surface area contributed by atoms with E-state index in [1.807, 2.05) is 0 Å². The highest BCUT2D eigenvalue weighted by Crippen LogP contribution is 2.35. The van der Waals surface area contributed by atoms with Gasteiger partial charge in [0.25, 0.3) is 5.91 Å². The predicted molar refractivity (Wildman–Crippen MR) is 77.2 cm³/mol. The van der Waals surface area contributed by atoms with Crippen molar-refractivity contribution in [3.05, 3.63) is 33.8 Å². The Morgan fingerprint density at radius 2 is 2.00 bits per heavy atom. The van der Waals surface area contributed by atoms with E-state index in [0.717, 1.165) is 6.07 Å². The van der Waals surface area contributed by atoms with Gasteiger partial charge in [-0.2, -0.15) is 13.2 Å². The van der Waals surface area contributed by atoms with E-state index in [4.69, 9.17) is 4.74 Å². The van der Waals surface area contributed by atoms with Crippen molar-refractivity contribution in [3.63, 3.8) is 0 Å². The molecule has 0 aliphatic carbocycles. The van der Waals surface area contributed by atoms with Crippen LogP contribution in [0.25, 0.3) is 0 Å². The van der Waals surface area contributed by atoms with Crippen LogP contribution in [0.4, 0.5) is 13.2 Å². The van der Waals surface area contributed by atoms with Crippen molar-refractivity contribution >= 4 is 21.8 Å². The number of rotatable bonds is 5. The second kappa shape index (κ2) is 7.26. The van der Waals surface area contributed by atoms with Gasteiger partial charge in [-0.25, -0.2) is 0 Å². The maximum atomic E-state index is 12.9. The molecule has 0 heterocycles. The summed E-state index contributed by atoms with van der Waals surface area (Å²) >= 11 is 2.86. The summed E-state index contributed by atoms with van der Waals surface area (Å²) in [6.07, 6.45) is -4.51. The Bertz CT molecular complexity index is 503. The normalized spacial score (nSPS) is 11.8. The van der Waals surface area contributed by atoms with Gasteiger partial charge >= 0.3 is 6.18 Å². The average Bonchev–Trinajstić information content (AvgIpc) is 2.37. The molecule has 3 nitrogen and oxygen atoms in total. The number of hydrogen-bond acceptors (Lipinski definition) is 2. The van der Waals surface area contributed by atoms with E-state index < -0.39 is 17.6 Å². The molecule has 0 fully saturated rings. The smallest absolute Gasteiger partial charge is 0.383 e. The number of benzene rings is 1. The minimum absolute atomic E-state index is 0.00956. The second-order valence-corrected chi connectivity index (χ2v) is 5.63. The highest BCUT2D eigenvalue weighted by atomic mass is 79.9. The molecule has 0 unspecified atom stereocenters. The van der Waals surface area contributed by atoms with E-state index in [-0.39, 0.29) is 16.1 Å². The molecule has 1 amide bonds. The predicted octanol–water partition coefficient (Wildman–Crippen LogP) is 3.96. The van der Waals surface area contributed by atoms with Crippen LogP contribution in [0, 0.1) is 0 Å². The summed E-state index contributed by atoms with van der Waals surface area (Å²) in [5.74, 6) is -0.444. The second-order valence-electron chi connectivity index (χ2n) is 4.78. The fourth-order valence-electron chi connectivity index (χ4n) is 1.83. The number of amides is 1. The molecule has 0 radical (unpaired) electrons. The lowest BCUT2D eigenvalue weighted by Gasteiger charge is -2.27. The summed E-state index contributed by atoms with van der Waals surface area (Å²) in [7, 11) is 1.50. The molecule has 0 spiro atoms. The molecule has 0 N–H and O–H groups in total. The van der Waals surface area contributed by atoms with E-state index in [1.165, 1.54) is 24.1 Å². The Labute approximate surface area is 130 Å². The molecule has 7 heteroatoms. The van der Waals surface area contributed by atoms with Crippen molar-refractivity contribution in [1.29, 1.82) is 0 Å². The van der Waals surface area contributed by atoms with E-state index in [9.17, 15) is 18.0 Å². The maximum absolute atomic E-state index is 12.9. The lowest BCUT2D eigenvalue weighted by Crippen LogP contribution is -2.39. The van der Waals surface area contributed by atoms with Crippen LogP contribution in [-0.4, -0.2) is 37.1 Å². The first-order chi connectivity index (χ1) is 9.68. The third-order valence-electron chi connectivity index (χ3n) is 2.94. The topological polar surface area (TPSA) is 29.5 Å². The molecule has 0 aromatic heterocycles. The largest absolute Gasteiger partial charge is 0.417 e. The zero-order valence-electron chi connectivity index (χ0n) is 12.0. The van der Waals surface area contributed by atoms with Gasteiger partial charge in [0.05, 0.1) is 12.2 Å². The van der Waals surface area contributed by atoms with E-state index >= 15 is 0 Å². The van der Waals surface area contributed by atoms with Gasteiger partial charge in [0.2, 0.25) is 0 Å². The molecule has 118 valence electrons. The van der Waals surface area contributed by atoms with Crippen molar-refractivity contribution in [2.75, 3.05) is 20.3 Å². The van der Waals surface area contributed by atoms with Crippen LogP contribution < -0.4 is 0 Å². The Morgan fingerprint density at radius 1 is 1.38 bits per heavy atom. The molecule has 0 saturated carbocycles. The minimum atomic E-state index is -4.51. The van der Waals surface area contributed by atoms with E-state index in [0.29, 0.717) is 13.2 Å². The summed E-state index contributed by atoms with van der Waals surface area (Å²) in [5.41, 5.74) is -0.848. The molecular weight excluding hydrogens is 351 g/mol. The van der Waals surface area contributed by atoms with Crippen molar-refractivity contribution in [1.82, 2.24) is 4.90 Å². The van der Waals surface area contributed by atoms with Gasteiger partial charge in [0, 0.05) is 29.7 Å². The first kappa shape index (κ1) is 18.0. The van der Waals surface area contributed by atoms with Crippen LogP contribution >= 0.6 is 15.9 Å². The van der Waals surface area contributed by atoms with Crippen LogP contribution in [0.2, 0.25) is 0 Å². The van der Waals surface area contributed by atoms with Crippen molar-refractivity contribution in [2.24, 2.45) is 0 Å². The molecule has 21 heavy (non-hydrogen) atoms. The maximum Gasteiger partial charge on any atom is 0.417 e. The number of carbonyl (C=O) groups excluding carboxylic acids is 1. The van der Waals surface area contributed by atoms with Crippen LogP contribution in [0.5, 0.6) is 0 Å². The zero-order chi connectivity index (χ0) is 16.2. The fraction of sp³-hybridized carbons (Fsp3) is 0.500. The monoisotopic (exact) mass is 367 g/mol.